The molecule has 6 aliphatic rings. The molecule has 50 heavy (non-hydrogen) atoms. The molecule has 8 unspecified atom stereocenters. The molecule has 6 heterocycles. The van der Waals surface area contributed by atoms with Gasteiger partial charge >= 0.3 is 0 Å². The largest absolute Gasteiger partial charge is 0.388 e. The van der Waals surface area contributed by atoms with Gasteiger partial charge in [0.15, 0.2) is 0 Å². The zero-order chi connectivity index (χ0) is 34.5. The van der Waals surface area contributed by atoms with E-state index < -0.39 is 23.0 Å². The third-order valence-electron chi connectivity index (χ3n) is 9.03. The average Bonchev–Trinajstić information content (AvgIpc) is 3.88. The highest BCUT2D eigenvalue weighted by molar-refractivity contribution is 4.85. The van der Waals surface area contributed by atoms with Crippen LogP contribution in [0.2, 0.25) is 0 Å². The number of hydrogen-bond donors (Lipinski definition) is 2. The van der Waals surface area contributed by atoms with Crippen LogP contribution < -0.4 is 0 Å². The average molecular weight is 723 g/mol. The van der Waals surface area contributed by atoms with Crippen molar-refractivity contribution < 1.29 is 76.5 Å². The fourth-order valence-electron chi connectivity index (χ4n) is 5.41. The van der Waals surface area contributed by atoms with Crippen molar-refractivity contribution in [1.82, 2.24) is 0 Å². The van der Waals surface area contributed by atoms with Crippen LogP contribution in [0, 0.1) is 10.8 Å². The van der Waals surface area contributed by atoms with Crippen molar-refractivity contribution in [2.24, 2.45) is 10.8 Å². The summed E-state index contributed by atoms with van der Waals surface area (Å²) in [5.74, 6) is 0. The second-order valence-electron chi connectivity index (χ2n) is 14.7. The van der Waals surface area contributed by atoms with Gasteiger partial charge < -0.3 is 76.5 Å². The predicted molar refractivity (Wildman–Crippen MR) is 171 cm³/mol. The summed E-state index contributed by atoms with van der Waals surface area (Å²) in [7, 11) is 0. The molecule has 0 bridgehead atoms. The van der Waals surface area contributed by atoms with Crippen LogP contribution in [-0.2, 0) is 66.3 Å². The van der Waals surface area contributed by atoms with Gasteiger partial charge in [0.1, 0.15) is 42.7 Å². The summed E-state index contributed by atoms with van der Waals surface area (Å²) in [6.45, 7) is 9.51. The van der Waals surface area contributed by atoms with Crippen LogP contribution in [0.15, 0.2) is 0 Å². The molecule has 0 saturated carbocycles. The molecule has 6 saturated heterocycles. The lowest BCUT2D eigenvalue weighted by Crippen LogP contribution is -2.43. The molecular formula is C34H58O16. The molecule has 6 rings (SSSR count). The first-order valence-corrected chi connectivity index (χ1v) is 18.1. The second-order valence-corrected chi connectivity index (χ2v) is 14.7. The van der Waals surface area contributed by atoms with Gasteiger partial charge in [-0.2, -0.15) is 0 Å². The molecule has 290 valence electrons. The van der Waals surface area contributed by atoms with Crippen molar-refractivity contribution in [1.29, 1.82) is 0 Å². The lowest BCUT2D eigenvalue weighted by molar-refractivity contribution is -0.123. The summed E-state index contributed by atoms with van der Waals surface area (Å²) < 4.78 is 79.5. The van der Waals surface area contributed by atoms with Crippen molar-refractivity contribution in [2.45, 2.75) is 61.7 Å². The molecule has 8 atom stereocenters. The lowest BCUT2D eigenvalue weighted by atomic mass is 9.85. The molecule has 6 fully saturated rings. The van der Waals surface area contributed by atoms with Crippen LogP contribution in [0.1, 0.15) is 12.8 Å². The van der Waals surface area contributed by atoms with Gasteiger partial charge in [-0.05, 0) is 12.8 Å². The quantitative estimate of drug-likeness (QED) is 0.0757. The highest BCUT2D eigenvalue weighted by atomic mass is 16.6. The van der Waals surface area contributed by atoms with Crippen molar-refractivity contribution in [3.8, 4) is 0 Å². The number of aliphatic hydroxyl groups excluding tert-OH is 2. The summed E-state index contributed by atoms with van der Waals surface area (Å²) in [5.41, 5.74) is -0.996. The molecule has 0 aromatic heterocycles. The summed E-state index contributed by atoms with van der Waals surface area (Å²) in [4.78, 5) is 0. The van der Waals surface area contributed by atoms with Crippen LogP contribution in [0.4, 0.5) is 0 Å². The zero-order valence-corrected chi connectivity index (χ0v) is 29.2. The second kappa shape index (κ2) is 20.2. The molecule has 2 N–H and O–H groups in total. The van der Waals surface area contributed by atoms with E-state index in [1.165, 1.54) is 0 Å². The van der Waals surface area contributed by atoms with Crippen LogP contribution in [0.3, 0.4) is 0 Å². The Kier molecular flexibility index (Phi) is 15.7. The summed E-state index contributed by atoms with van der Waals surface area (Å²) in [6, 6.07) is 0. The topological polar surface area (TPSA) is 189 Å². The Morgan fingerprint density at radius 3 is 1.02 bits per heavy atom. The normalized spacial score (nSPS) is 31.1. The van der Waals surface area contributed by atoms with Crippen molar-refractivity contribution in [2.75, 3.05) is 145 Å². The minimum Gasteiger partial charge on any atom is -0.388 e. The molecule has 0 radical (unpaired) electrons. The van der Waals surface area contributed by atoms with Gasteiger partial charge in [-0.3, -0.25) is 0 Å². The van der Waals surface area contributed by atoms with E-state index in [1.807, 2.05) is 0 Å². The SMILES string of the molecule is OC(COCC(O)COCC(COCC1CO1)(COCC1CO1)COCC1CO1)COCC(CCC1CO1)(COCC1CO1)COCC1CO1. The molecule has 0 aliphatic carbocycles. The monoisotopic (exact) mass is 722 g/mol. The summed E-state index contributed by atoms with van der Waals surface area (Å²) in [6.07, 6.45) is 0.874. The van der Waals surface area contributed by atoms with E-state index in [4.69, 9.17) is 66.3 Å². The van der Waals surface area contributed by atoms with Crippen molar-refractivity contribution in [3.05, 3.63) is 0 Å². The molecule has 0 aromatic carbocycles. The molecule has 0 aromatic rings. The van der Waals surface area contributed by atoms with E-state index in [0.29, 0.717) is 92.5 Å². The molecule has 0 amide bonds. The highest BCUT2D eigenvalue weighted by Crippen LogP contribution is 2.31. The van der Waals surface area contributed by atoms with Gasteiger partial charge in [0.2, 0.25) is 0 Å². The van der Waals surface area contributed by atoms with Gasteiger partial charge in [-0.25, -0.2) is 0 Å². The highest BCUT2D eigenvalue weighted by Gasteiger charge is 2.38. The molecular weight excluding hydrogens is 664 g/mol. The fourth-order valence-corrected chi connectivity index (χ4v) is 5.41. The Hall–Kier alpha value is -0.640. The van der Waals surface area contributed by atoms with Crippen LogP contribution in [-0.4, -0.2) is 204 Å². The van der Waals surface area contributed by atoms with Gasteiger partial charge in [0, 0.05) is 5.41 Å². The Labute approximate surface area is 294 Å². The van der Waals surface area contributed by atoms with Crippen LogP contribution >= 0.6 is 0 Å². The molecule has 16 nitrogen and oxygen atoms in total. The standard InChI is InChI=1S/C34H58O16/c35-25(5-38-18-33(2-1-27-12-45-27,19-40-7-28-13-46-28)20-41-8-29-14-47-29)3-37-4-26(36)6-39-21-34(22-42-9-30-15-48-30,23-43-10-31-16-49-31)24-44-11-32-17-50-32/h25-32,35-36H,1-24H2. The maximum absolute atomic E-state index is 10.6. The minimum absolute atomic E-state index is 0.000181. The van der Waals surface area contributed by atoms with Gasteiger partial charge in [-0.1, -0.05) is 0 Å². The number of epoxide rings is 6. The first-order valence-electron chi connectivity index (χ1n) is 18.1. The lowest BCUT2D eigenvalue weighted by Gasteiger charge is -2.33. The van der Waals surface area contributed by atoms with Crippen molar-refractivity contribution >= 4 is 0 Å². The fraction of sp³-hybridized carbons (Fsp3) is 1.00. The number of aliphatic hydroxyl groups is 2. The Bertz CT molecular complexity index is 873. The van der Waals surface area contributed by atoms with Crippen molar-refractivity contribution in [3.63, 3.8) is 0 Å². The van der Waals surface area contributed by atoms with Crippen LogP contribution in [0.25, 0.3) is 0 Å². The van der Waals surface area contributed by atoms with E-state index in [1.54, 1.807) is 0 Å². The third-order valence-corrected chi connectivity index (χ3v) is 9.03. The molecule has 16 heteroatoms. The smallest absolute Gasteiger partial charge is 0.104 e. The van der Waals surface area contributed by atoms with Gasteiger partial charge in [0.25, 0.3) is 0 Å². The maximum atomic E-state index is 10.6. The number of hydrogen-bond acceptors (Lipinski definition) is 16. The molecule has 6 aliphatic heterocycles. The minimum atomic E-state index is -0.902. The molecule has 0 spiro atoms. The zero-order valence-electron chi connectivity index (χ0n) is 29.2. The van der Waals surface area contributed by atoms with E-state index in [0.717, 1.165) is 32.7 Å². The summed E-state index contributed by atoms with van der Waals surface area (Å²) >= 11 is 0. The predicted octanol–water partition coefficient (Wildman–Crippen LogP) is -1.01. The Morgan fingerprint density at radius 1 is 0.400 bits per heavy atom. The van der Waals surface area contributed by atoms with E-state index in [-0.39, 0.29) is 69.7 Å². The van der Waals surface area contributed by atoms with Gasteiger partial charge in [-0.15, -0.1) is 0 Å². The summed E-state index contributed by atoms with van der Waals surface area (Å²) in [5, 5.41) is 21.2. The van der Waals surface area contributed by atoms with E-state index >= 15 is 0 Å². The number of ether oxygens (including phenoxy) is 14. The van der Waals surface area contributed by atoms with Crippen LogP contribution in [0.5, 0.6) is 0 Å². The number of rotatable bonds is 35. The van der Waals surface area contributed by atoms with Gasteiger partial charge in [0.05, 0.1) is 157 Å². The Morgan fingerprint density at radius 2 is 0.680 bits per heavy atom. The third kappa shape index (κ3) is 16.6. The van der Waals surface area contributed by atoms with E-state index in [9.17, 15) is 10.2 Å². The first kappa shape index (κ1) is 39.1. The Balaban J connectivity index is 0.888. The van der Waals surface area contributed by atoms with E-state index in [2.05, 4.69) is 0 Å². The maximum Gasteiger partial charge on any atom is 0.104 e. The first-order chi connectivity index (χ1) is 24.5.